The van der Waals surface area contributed by atoms with Gasteiger partial charge < -0.3 is 21.1 Å². The SMILES string of the molecule is N[C@@H](Cc1cc[c-]cc1)C(=O)[O-].[Na+].[Na+].[OH-]. The summed E-state index contributed by atoms with van der Waals surface area (Å²) >= 11 is 0. The van der Waals surface area contributed by atoms with E-state index in [0.29, 0.717) is 6.42 Å². The van der Waals surface area contributed by atoms with Crippen LogP contribution in [0.2, 0.25) is 0 Å². The number of aliphatic carboxylic acids is 1. The van der Waals surface area contributed by atoms with Gasteiger partial charge in [0.25, 0.3) is 0 Å². The first-order valence-electron chi connectivity index (χ1n) is 3.61. The molecule has 4 nitrogen and oxygen atoms in total. The predicted octanol–water partition coefficient (Wildman–Crippen LogP) is -7.06. The van der Waals surface area contributed by atoms with E-state index < -0.39 is 12.0 Å². The number of carboxylic acid groups (broad SMARTS) is 1. The summed E-state index contributed by atoms with van der Waals surface area (Å²) in [6.07, 6.45) is 0.303. The van der Waals surface area contributed by atoms with E-state index in [1.54, 1.807) is 24.3 Å². The molecule has 0 unspecified atom stereocenters. The molecule has 0 radical (unpaired) electrons. The van der Waals surface area contributed by atoms with Crippen LogP contribution in [0.3, 0.4) is 0 Å². The number of nitrogens with two attached hydrogens (primary N) is 1. The van der Waals surface area contributed by atoms with Crippen molar-refractivity contribution in [3.8, 4) is 0 Å². The van der Waals surface area contributed by atoms with Crippen LogP contribution in [-0.2, 0) is 11.2 Å². The van der Waals surface area contributed by atoms with Crippen LogP contribution in [0.4, 0.5) is 0 Å². The third-order valence-electron chi connectivity index (χ3n) is 1.55. The standard InChI is InChI=1S/C9H10NO2.2Na.H2O/c10-8(9(11)12)6-7-4-2-1-3-5-7;;;/h2-5,8H,6,10H2,(H,11,12);;;1H2/q-1;2*+1;/p-2/t8-;;;/m0.../s1. The van der Waals surface area contributed by atoms with Crippen LogP contribution in [0.15, 0.2) is 24.3 Å². The van der Waals surface area contributed by atoms with Gasteiger partial charge in [0, 0.05) is 6.04 Å². The number of benzene rings is 1. The fourth-order valence-electron chi connectivity index (χ4n) is 0.895. The summed E-state index contributed by atoms with van der Waals surface area (Å²) in [5.41, 5.74) is 6.16. The predicted molar refractivity (Wildman–Crippen MR) is 43.9 cm³/mol. The van der Waals surface area contributed by atoms with Crippen LogP contribution < -0.4 is 70.0 Å². The number of hydrogen-bond acceptors (Lipinski definition) is 4. The second-order valence-electron chi connectivity index (χ2n) is 2.54. The first-order chi connectivity index (χ1) is 5.70. The van der Waals surface area contributed by atoms with E-state index in [1.165, 1.54) is 0 Å². The quantitative estimate of drug-likeness (QED) is 0.409. The van der Waals surface area contributed by atoms with Gasteiger partial charge in [0.1, 0.15) is 0 Å². The molecule has 0 amide bonds. The molecule has 0 saturated heterocycles. The fourth-order valence-corrected chi connectivity index (χ4v) is 0.895. The minimum atomic E-state index is -1.22. The molecule has 3 N–H and O–H groups in total. The van der Waals surface area contributed by atoms with Gasteiger partial charge in [-0.2, -0.15) is 35.9 Å². The van der Waals surface area contributed by atoms with Crippen LogP contribution in [0.25, 0.3) is 0 Å². The third kappa shape index (κ3) is 8.42. The Balaban J connectivity index is -0.000000480. The van der Waals surface area contributed by atoms with Crippen LogP contribution in [0.1, 0.15) is 5.56 Å². The normalized spacial score (nSPS) is 9.93. The maximum Gasteiger partial charge on any atom is 1.00 e. The molecule has 0 saturated carbocycles. The van der Waals surface area contributed by atoms with Crippen LogP contribution in [0, 0.1) is 6.07 Å². The van der Waals surface area contributed by atoms with E-state index in [-0.39, 0.29) is 64.6 Å². The van der Waals surface area contributed by atoms with Crippen molar-refractivity contribution in [2.45, 2.75) is 12.5 Å². The second-order valence-corrected chi connectivity index (χ2v) is 2.54. The largest absolute Gasteiger partial charge is 1.00 e. The summed E-state index contributed by atoms with van der Waals surface area (Å²) < 4.78 is 0. The van der Waals surface area contributed by atoms with Crippen LogP contribution in [-0.4, -0.2) is 17.5 Å². The molecule has 1 atom stereocenters. The zero-order valence-electron chi connectivity index (χ0n) is 8.93. The van der Waals surface area contributed by atoms with Crippen molar-refractivity contribution < 1.29 is 74.5 Å². The molecule has 0 fully saturated rings. The maximum absolute atomic E-state index is 10.3. The molecular weight excluding hydrogens is 216 g/mol. The van der Waals surface area contributed by atoms with Crippen molar-refractivity contribution in [3.05, 3.63) is 35.9 Å². The molecule has 1 aromatic rings. The molecular formula is C9H10NNa2O3-. The summed E-state index contributed by atoms with van der Waals surface area (Å²) in [6, 6.07) is 8.91. The molecule has 72 valence electrons. The fraction of sp³-hybridized carbons (Fsp3) is 0.222. The number of carbonyl (C=O) groups is 1. The minimum Gasteiger partial charge on any atom is -0.870 e. The molecule has 1 aromatic carbocycles. The summed E-state index contributed by atoms with van der Waals surface area (Å²) in [5, 5.41) is 10.3. The van der Waals surface area contributed by atoms with E-state index in [2.05, 4.69) is 6.07 Å². The molecule has 1 rings (SSSR count). The van der Waals surface area contributed by atoms with E-state index in [0.717, 1.165) is 5.56 Å². The van der Waals surface area contributed by atoms with Gasteiger partial charge in [0.05, 0.1) is 5.97 Å². The van der Waals surface area contributed by atoms with Crippen molar-refractivity contribution in [1.29, 1.82) is 0 Å². The molecule has 0 aliphatic carbocycles. The Hall–Kier alpha value is 0.610. The number of rotatable bonds is 3. The second kappa shape index (κ2) is 11.1. The molecule has 0 aliphatic rings. The molecule has 0 heterocycles. The smallest absolute Gasteiger partial charge is 0.870 e. The van der Waals surface area contributed by atoms with Crippen molar-refractivity contribution in [1.82, 2.24) is 0 Å². The van der Waals surface area contributed by atoms with Crippen molar-refractivity contribution in [2.75, 3.05) is 0 Å². The number of carboxylic acids is 1. The van der Waals surface area contributed by atoms with Gasteiger partial charge >= 0.3 is 59.1 Å². The average Bonchev–Trinajstić information content (AvgIpc) is 2.06. The molecule has 0 aliphatic heterocycles. The summed E-state index contributed by atoms with van der Waals surface area (Å²) in [7, 11) is 0. The van der Waals surface area contributed by atoms with Gasteiger partial charge in [-0.25, -0.2) is 0 Å². The van der Waals surface area contributed by atoms with Gasteiger partial charge in [-0.15, -0.1) is 0 Å². The van der Waals surface area contributed by atoms with Gasteiger partial charge in [-0.05, 0) is 6.42 Å². The van der Waals surface area contributed by atoms with Crippen LogP contribution in [0.5, 0.6) is 0 Å². The Kier molecular flexibility index (Phi) is 15.5. The molecule has 6 heteroatoms. The molecule has 0 spiro atoms. The van der Waals surface area contributed by atoms with E-state index in [4.69, 9.17) is 5.73 Å². The number of hydrogen-bond donors (Lipinski definition) is 1. The third-order valence-corrected chi connectivity index (χ3v) is 1.55. The topological polar surface area (TPSA) is 96.2 Å². The molecule has 0 aromatic heterocycles. The maximum atomic E-state index is 10.3. The van der Waals surface area contributed by atoms with Gasteiger partial charge in [-0.1, -0.05) is 0 Å². The van der Waals surface area contributed by atoms with Crippen molar-refractivity contribution in [2.24, 2.45) is 5.73 Å². The Morgan fingerprint density at radius 2 is 1.87 bits per heavy atom. The van der Waals surface area contributed by atoms with Gasteiger partial charge in [-0.3, -0.25) is 0 Å². The molecule has 15 heavy (non-hydrogen) atoms. The summed E-state index contributed by atoms with van der Waals surface area (Å²) in [5.74, 6) is -1.22. The molecule has 0 bridgehead atoms. The number of carbonyl (C=O) groups excluding carboxylic acids is 1. The Morgan fingerprint density at radius 3 is 2.27 bits per heavy atom. The zero-order valence-corrected chi connectivity index (χ0v) is 12.9. The first kappa shape index (κ1) is 21.0. The van der Waals surface area contributed by atoms with E-state index in [9.17, 15) is 9.90 Å². The van der Waals surface area contributed by atoms with Gasteiger partial charge in [0.2, 0.25) is 0 Å². The minimum absolute atomic E-state index is 0. The van der Waals surface area contributed by atoms with Crippen molar-refractivity contribution >= 4 is 5.97 Å². The zero-order chi connectivity index (χ0) is 8.97. The monoisotopic (exact) mass is 226 g/mol. The summed E-state index contributed by atoms with van der Waals surface area (Å²) in [4.78, 5) is 10.3. The Bertz CT molecular complexity index is 269. The van der Waals surface area contributed by atoms with Crippen LogP contribution >= 0.6 is 0 Å². The first-order valence-corrected chi connectivity index (χ1v) is 3.61. The Labute approximate surface area is 133 Å². The van der Waals surface area contributed by atoms with E-state index >= 15 is 0 Å². The van der Waals surface area contributed by atoms with E-state index in [1.807, 2.05) is 0 Å². The van der Waals surface area contributed by atoms with Gasteiger partial charge in [0.15, 0.2) is 0 Å². The van der Waals surface area contributed by atoms with Crippen molar-refractivity contribution in [3.63, 3.8) is 0 Å². The average molecular weight is 226 g/mol. The summed E-state index contributed by atoms with van der Waals surface area (Å²) in [6.45, 7) is 0. The Morgan fingerprint density at radius 1 is 1.40 bits per heavy atom.